The summed E-state index contributed by atoms with van der Waals surface area (Å²) in [6.07, 6.45) is 2.08. The maximum absolute atomic E-state index is 12.3. The van der Waals surface area contributed by atoms with Crippen LogP contribution in [-0.4, -0.2) is 73.8 Å². The summed E-state index contributed by atoms with van der Waals surface area (Å²) in [6.45, 7) is 2.24. The number of methoxy groups -OCH3 is 1. The van der Waals surface area contributed by atoms with E-state index in [0.29, 0.717) is 24.4 Å². The first-order valence-electron chi connectivity index (χ1n) is 6.38. The van der Waals surface area contributed by atoms with Crippen LogP contribution in [0.5, 0.6) is 5.75 Å². The fraction of sp³-hybridized carbons (Fsp3) is 0.692. The summed E-state index contributed by atoms with van der Waals surface area (Å²) in [5.41, 5.74) is 0.575. The van der Waals surface area contributed by atoms with Crippen molar-refractivity contribution in [1.82, 2.24) is 19.6 Å². The molecule has 0 saturated carbocycles. The average molecular weight is 268 g/mol. The van der Waals surface area contributed by atoms with E-state index in [0.717, 1.165) is 13.1 Å². The third kappa shape index (κ3) is 4.65. The van der Waals surface area contributed by atoms with E-state index < -0.39 is 0 Å². The molecule has 1 aromatic rings. The van der Waals surface area contributed by atoms with Crippen LogP contribution >= 0.6 is 0 Å². The number of carbonyl (C=O) groups excluding carboxylic acids is 1. The monoisotopic (exact) mass is 268 g/mol. The first-order valence-corrected chi connectivity index (χ1v) is 6.38. The van der Waals surface area contributed by atoms with Gasteiger partial charge in [0.25, 0.3) is 0 Å². The minimum absolute atomic E-state index is 0.0711. The lowest BCUT2D eigenvalue weighted by Gasteiger charge is -2.13. The molecule has 0 spiro atoms. The highest BCUT2D eigenvalue weighted by atomic mass is 16.5. The third-order valence-electron chi connectivity index (χ3n) is 2.84. The van der Waals surface area contributed by atoms with Crippen molar-refractivity contribution in [2.24, 2.45) is 0 Å². The van der Waals surface area contributed by atoms with Crippen molar-refractivity contribution in [2.75, 3.05) is 48.4 Å². The standard InChI is InChI=1S/C13H24N4O2/c1-15(2)7-6-11(18)13-12(19-5)10-14-17(13)9-8-16(3)4/h10H,6-9H2,1-5H3. The second-order valence-electron chi connectivity index (χ2n) is 5.06. The minimum Gasteiger partial charge on any atom is -0.493 e. The molecule has 0 N–H and O–H groups in total. The molecule has 0 aliphatic heterocycles. The second kappa shape index (κ2) is 7.25. The Balaban J connectivity index is 2.82. The Hall–Kier alpha value is -1.40. The number of ether oxygens (including phenoxy) is 1. The van der Waals surface area contributed by atoms with Crippen molar-refractivity contribution in [1.29, 1.82) is 0 Å². The van der Waals surface area contributed by atoms with Crippen LogP contribution in [0.3, 0.4) is 0 Å². The van der Waals surface area contributed by atoms with Crippen LogP contribution < -0.4 is 4.74 Å². The van der Waals surface area contributed by atoms with E-state index in [-0.39, 0.29) is 5.78 Å². The van der Waals surface area contributed by atoms with Gasteiger partial charge in [0.15, 0.2) is 11.5 Å². The summed E-state index contributed by atoms with van der Waals surface area (Å²) < 4.78 is 6.96. The quantitative estimate of drug-likeness (QED) is 0.646. The van der Waals surface area contributed by atoms with Crippen molar-refractivity contribution >= 4 is 5.78 Å². The molecule has 0 bridgehead atoms. The average Bonchev–Trinajstić information content (AvgIpc) is 2.76. The molecule has 0 saturated heterocycles. The van der Waals surface area contributed by atoms with Gasteiger partial charge in [0.1, 0.15) is 5.69 Å². The van der Waals surface area contributed by atoms with Crippen molar-refractivity contribution < 1.29 is 9.53 Å². The highest BCUT2D eigenvalue weighted by Crippen LogP contribution is 2.19. The van der Waals surface area contributed by atoms with Crippen LogP contribution in [0.15, 0.2) is 6.20 Å². The van der Waals surface area contributed by atoms with E-state index in [1.807, 2.05) is 33.1 Å². The van der Waals surface area contributed by atoms with Crippen LogP contribution in [0.1, 0.15) is 16.9 Å². The molecule has 108 valence electrons. The molecular weight excluding hydrogens is 244 g/mol. The van der Waals surface area contributed by atoms with E-state index in [1.54, 1.807) is 18.0 Å². The Bertz CT molecular complexity index is 413. The Labute approximate surface area is 114 Å². The SMILES string of the molecule is COc1cnn(CCN(C)C)c1C(=O)CCN(C)C. The zero-order chi connectivity index (χ0) is 14.4. The van der Waals surface area contributed by atoms with Crippen LogP contribution in [0.25, 0.3) is 0 Å². The van der Waals surface area contributed by atoms with Crippen LogP contribution in [0.4, 0.5) is 0 Å². The van der Waals surface area contributed by atoms with Gasteiger partial charge in [-0.05, 0) is 28.2 Å². The predicted octanol–water partition coefficient (Wildman–Crippen LogP) is 0.588. The van der Waals surface area contributed by atoms with E-state index >= 15 is 0 Å². The third-order valence-corrected chi connectivity index (χ3v) is 2.84. The number of hydrogen-bond donors (Lipinski definition) is 0. The molecule has 6 heteroatoms. The summed E-state index contributed by atoms with van der Waals surface area (Å²) in [5.74, 6) is 0.629. The number of likely N-dealkylation sites (N-methyl/N-ethyl adjacent to an activating group) is 1. The van der Waals surface area contributed by atoms with Gasteiger partial charge in [-0.25, -0.2) is 0 Å². The molecule has 0 aliphatic carbocycles. The molecule has 0 radical (unpaired) electrons. The second-order valence-corrected chi connectivity index (χ2v) is 5.06. The highest BCUT2D eigenvalue weighted by molar-refractivity contribution is 5.97. The van der Waals surface area contributed by atoms with Crippen molar-refractivity contribution in [3.63, 3.8) is 0 Å². The van der Waals surface area contributed by atoms with Crippen molar-refractivity contribution in [3.05, 3.63) is 11.9 Å². The van der Waals surface area contributed by atoms with E-state index in [9.17, 15) is 4.79 Å². The van der Waals surface area contributed by atoms with Gasteiger partial charge in [-0.3, -0.25) is 9.48 Å². The summed E-state index contributed by atoms with van der Waals surface area (Å²) in [6, 6.07) is 0. The van der Waals surface area contributed by atoms with Crippen LogP contribution in [0, 0.1) is 0 Å². The summed E-state index contributed by atoms with van der Waals surface area (Å²) in [7, 11) is 9.46. The zero-order valence-corrected chi connectivity index (χ0v) is 12.5. The molecule has 0 aliphatic rings. The zero-order valence-electron chi connectivity index (χ0n) is 12.5. The number of ketones is 1. The summed E-state index contributed by atoms with van der Waals surface area (Å²) in [4.78, 5) is 16.3. The molecule has 0 aromatic carbocycles. The van der Waals surface area contributed by atoms with Crippen LogP contribution in [0.2, 0.25) is 0 Å². The Kier molecular flexibility index (Phi) is 5.98. The molecule has 1 aromatic heterocycles. The molecule has 0 fully saturated rings. The fourth-order valence-corrected chi connectivity index (χ4v) is 1.71. The molecule has 0 amide bonds. The maximum Gasteiger partial charge on any atom is 0.185 e. The van der Waals surface area contributed by atoms with E-state index in [1.165, 1.54) is 0 Å². The Morgan fingerprint density at radius 3 is 2.42 bits per heavy atom. The fourth-order valence-electron chi connectivity index (χ4n) is 1.71. The lowest BCUT2D eigenvalue weighted by Crippen LogP contribution is -2.23. The number of nitrogens with zero attached hydrogens (tertiary/aromatic N) is 4. The summed E-state index contributed by atoms with van der Waals surface area (Å²) >= 11 is 0. The van der Waals surface area contributed by atoms with E-state index in [4.69, 9.17) is 4.74 Å². The molecule has 1 rings (SSSR count). The number of aromatic nitrogens is 2. The first kappa shape index (κ1) is 15.7. The number of carbonyl (C=O) groups is 1. The largest absolute Gasteiger partial charge is 0.493 e. The van der Waals surface area contributed by atoms with E-state index in [2.05, 4.69) is 10.00 Å². The van der Waals surface area contributed by atoms with Gasteiger partial charge in [0.2, 0.25) is 0 Å². The molecular formula is C13H24N4O2. The molecule has 0 atom stereocenters. The molecule has 0 unspecified atom stereocenters. The van der Waals surface area contributed by atoms with Gasteiger partial charge in [0, 0.05) is 19.5 Å². The Morgan fingerprint density at radius 2 is 1.89 bits per heavy atom. The highest BCUT2D eigenvalue weighted by Gasteiger charge is 2.19. The molecule has 19 heavy (non-hydrogen) atoms. The van der Waals surface area contributed by atoms with Gasteiger partial charge in [-0.2, -0.15) is 5.10 Å². The number of rotatable bonds is 8. The minimum atomic E-state index is 0.0711. The van der Waals surface area contributed by atoms with Gasteiger partial charge in [0.05, 0.1) is 19.9 Å². The first-order chi connectivity index (χ1) is 8.95. The lowest BCUT2D eigenvalue weighted by atomic mass is 10.2. The van der Waals surface area contributed by atoms with Gasteiger partial charge >= 0.3 is 0 Å². The lowest BCUT2D eigenvalue weighted by molar-refractivity contribution is 0.0958. The molecule has 1 heterocycles. The topological polar surface area (TPSA) is 50.6 Å². The summed E-state index contributed by atoms with van der Waals surface area (Å²) in [5, 5.41) is 4.24. The van der Waals surface area contributed by atoms with Gasteiger partial charge in [-0.15, -0.1) is 0 Å². The number of Topliss-reactive ketones (excluding diaryl/α,β-unsaturated/α-hetero) is 1. The Morgan fingerprint density at radius 1 is 1.26 bits per heavy atom. The molecule has 6 nitrogen and oxygen atoms in total. The predicted molar refractivity (Wildman–Crippen MR) is 74.8 cm³/mol. The number of hydrogen-bond acceptors (Lipinski definition) is 5. The van der Waals surface area contributed by atoms with Gasteiger partial charge < -0.3 is 14.5 Å². The smallest absolute Gasteiger partial charge is 0.185 e. The van der Waals surface area contributed by atoms with Gasteiger partial charge in [-0.1, -0.05) is 0 Å². The van der Waals surface area contributed by atoms with Crippen LogP contribution in [-0.2, 0) is 6.54 Å². The normalized spacial score (nSPS) is 11.3. The van der Waals surface area contributed by atoms with Crippen molar-refractivity contribution in [2.45, 2.75) is 13.0 Å². The van der Waals surface area contributed by atoms with Crippen molar-refractivity contribution in [3.8, 4) is 5.75 Å². The maximum atomic E-state index is 12.3.